The van der Waals surface area contributed by atoms with Crippen molar-refractivity contribution in [2.45, 2.75) is 12.8 Å². The highest BCUT2D eigenvalue weighted by Crippen LogP contribution is 2.32. The van der Waals surface area contributed by atoms with Crippen LogP contribution in [0.15, 0.2) is 47.4 Å². The van der Waals surface area contributed by atoms with Crippen molar-refractivity contribution in [1.29, 1.82) is 0 Å². The molecule has 0 atom stereocenters. The lowest BCUT2D eigenvalue weighted by molar-refractivity contribution is -0.125. The van der Waals surface area contributed by atoms with E-state index in [-0.39, 0.29) is 36.1 Å². The maximum absolute atomic E-state index is 13.8. The Kier molecular flexibility index (Phi) is 6.74. The van der Waals surface area contributed by atoms with E-state index in [2.05, 4.69) is 10.6 Å². The van der Waals surface area contributed by atoms with Crippen molar-refractivity contribution < 1.29 is 28.3 Å². The van der Waals surface area contributed by atoms with Crippen molar-refractivity contribution in [2.75, 3.05) is 25.0 Å². The largest absolute Gasteiger partial charge is 0.484 e. The molecule has 170 valence electrons. The molecule has 0 unspecified atom stereocenters. The molecule has 33 heavy (non-hydrogen) atoms. The van der Waals surface area contributed by atoms with Gasteiger partial charge in [0.05, 0.1) is 4.91 Å². The summed E-state index contributed by atoms with van der Waals surface area (Å²) in [6.07, 6.45) is 2.35. The summed E-state index contributed by atoms with van der Waals surface area (Å²) < 4.78 is 19.3. The van der Waals surface area contributed by atoms with Gasteiger partial charge in [0.15, 0.2) is 6.61 Å². The van der Waals surface area contributed by atoms with Gasteiger partial charge < -0.3 is 15.4 Å². The van der Waals surface area contributed by atoms with E-state index in [1.165, 1.54) is 24.3 Å². The third-order valence-electron chi connectivity index (χ3n) is 5.07. The molecule has 0 aliphatic carbocycles. The number of hydrogen-bond acceptors (Lipinski definition) is 6. The molecule has 2 heterocycles. The summed E-state index contributed by atoms with van der Waals surface area (Å²) in [6, 6.07) is 11.1. The Bertz CT molecular complexity index is 1170. The lowest BCUT2D eigenvalue weighted by Gasteiger charge is -2.17. The second kappa shape index (κ2) is 9.86. The fourth-order valence-electron chi connectivity index (χ4n) is 3.38. The predicted molar refractivity (Wildman–Crippen MR) is 121 cm³/mol. The van der Waals surface area contributed by atoms with Crippen LogP contribution in [0.2, 0.25) is 0 Å². The van der Waals surface area contributed by atoms with Gasteiger partial charge >= 0.3 is 0 Å². The molecule has 2 aromatic rings. The van der Waals surface area contributed by atoms with Gasteiger partial charge in [-0.15, -0.1) is 0 Å². The van der Waals surface area contributed by atoms with Gasteiger partial charge in [0.1, 0.15) is 11.6 Å². The van der Waals surface area contributed by atoms with E-state index in [4.69, 9.17) is 4.74 Å². The van der Waals surface area contributed by atoms with Gasteiger partial charge in [0, 0.05) is 30.8 Å². The second-order valence-electron chi connectivity index (χ2n) is 7.36. The van der Waals surface area contributed by atoms with Crippen molar-refractivity contribution in [3.8, 4) is 5.75 Å². The highest BCUT2D eigenvalue weighted by atomic mass is 32.2. The minimum Gasteiger partial charge on any atom is -0.484 e. The van der Waals surface area contributed by atoms with Gasteiger partial charge in [0.25, 0.3) is 17.1 Å². The molecule has 4 amide bonds. The Morgan fingerprint density at radius 2 is 2.00 bits per heavy atom. The molecular formula is C23H20FN3O5S. The lowest BCUT2D eigenvalue weighted by Crippen LogP contribution is -2.38. The van der Waals surface area contributed by atoms with Crippen LogP contribution < -0.4 is 15.4 Å². The van der Waals surface area contributed by atoms with Crippen LogP contribution in [0.25, 0.3) is 6.08 Å². The number of aryl methyl sites for hydroxylation is 1. The summed E-state index contributed by atoms with van der Waals surface area (Å²) in [4.78, 5) is 49.3. The fraction of sp³-hybridized carbons (Fsp3) is 0.217. The first-order chi connectivity index (χ1) is 15.9. The maximum Gasteiger partial charge on any atom is 0.293 e. The Hall–Kier alpha value is -3.66. The average molecular weight is 469 g/mol. The SMILES string of the molecule is O=C(COc1ccc2c(c1)CCC(=O)N2)NCCN1C(=O)S/C(=C\c2ccccc2F)C1=O. The first-order valence-electron chi connectivity index (χ1n) is 10.2. The number of hydrogen-bond donors (Lipinski definition) is 2. The van der Waals surface area contributed by atoms with Crippen molar-refractivity contribution >= 4 is 46.5 Å². The normalized spacial score (nSPS) is 16.6. The van der Waals surface area contributed by atoms with Crippen molar-refractivity contribution in [2.24, 2.45) is 0 Å². The molecule has 0 bridgehead atoms. The summed E-state index contributed by atoms with van der Waals surface area (Å²) in [5, 5.41) is 4.90. The molecule has 8 nitrogen and oxygen atoms in total. The van der Waals surface area contributed by atoms with Gasteiger partial charge in [-0.2, -0.15) is 0 Å². The van der Waals surface area contributed by atoms with Crippen LogP contribution in [0.4, 0.5) is 14.9 Å². The van der Waals surface area contributed by atoms with Gasteiger partial charge in [0.2, 0.25) is 5.91 Å². The lowest BCUT2D eigenvalue weighted by atomic mass is 10.0. The molecule has 0 aromatic heterocycles. The summed E-state index contributed by atoms with van der Waals surface area (Å²) in [5.41, 5.74) is 1.90. The minimum absolute atomic E-state index is 0.0104. The molecule has 1 fully saturated rings. The molecule has 2 aromatic carbocycles. The topological polar surface area (TPSA) is 105 Å². The number of carbonyl (C=O) groups excluding carboxylic acids is 4. The van der Waals surface area contributed by atoms with E-state index in [0.717, 1.165) is 27.9 Å². The highest BCUT2D eigenvalue weighted by Gasteiger charge is 2.34. The minimum atomic E-state index is -0.528. The van der Waals surface area contributed by atoms with Gasteiger partial charge in [-0.25, -0.2) is 4.39 Å². The number of imide groups is 1. The first-order valence-corrected chi connectivity index (χ1v) is 11.0. The van der Waals surface area contributed by atoms with E-state index in [1.54, 1.807) is 24.3 Å². The fourth-order valence-corrected chi connectivity index (χ4v) is 4.24. The zero-order chi connectivity index (χ0) is 23.4. The Balaban J connectivity index is 1.25. The average Bonchev–Trinajstić information content (AvgIpc) is 3.06. The van der Waals surface area contributed by atoms with E-state index >= 15 is 0 Å². The molecule has 0 radical (unpaired) electrons. The summed E-state index contributed by atoms with van der Waals surface area (Å²) in [6.45, 7) is -0.187. The van der Waals surface area contributed by atoms with E-state index in [0.29, 0.717) is 18.6 Å². The molecule has 2 aliphatic rings. The smallest absolute Gasteiger partial charge is 0.293 e. The third kappa shape index (κ3) is 5.40. The monoisotopic (exact) mass is 469 g/mol. The number of rotatable bonds is 7. The maximum atomic E-state index is 13.8. The van der Waals surface area contributed by atoms with Crippen molar-refractivity contribution in [3.63, 3.8) is 0 Å². The third-order valence-corrected chi connectivity index (χ3v) is 5.97. The predicted octanol–water partition coefficient (Wildman–Crippen LogP) is 2.94. The van der Waals surface area contributed by atoms with Crippen LogP contribution >= 0.6 is 11.8 Å². The second-order valence-corrected chi connectivity index (χ2v) is 8.35. The van der Waals surface area contributed by atoms with Gasteiger partial charge in [-0.1, -0.05) is 18.2 Å². The number of fused-ring (bicyclic) bond motifs is 1. The Labute approximate surface area is 193 Å². The van der Waals surface area contributed by atoms with E-state index in [9.17, 15) is 23.6 Å². The number of anilines is 1. The molecule has 2 N–H and O–H groups in total. The van der Waals surface area contributed by atoms with Crippen LogP contribution in [-0.4, -0.2) is 47.6 Å². The zero-order valence-electron chi connectivity index (χ0n) is 17.4. The molecular weight excluding hydrogens is 449 g/mol. The molecule has 10 heteroatoms. The molecule has 1 saturated heterocycles. The summed E-state index contributed by atoms with van der Waals surface area (Å²) >= 11 is 0.731. The molecule has 0 spiro atoms. The molecule has 4 rings (SSSR count). The van der Waals surface area contributed by atoms with Crippen molar-refractivity contribution in [1.82, 2.24) is 10.2 Å². The van der Waals surface area contributed by atoms with Crippen molar-refractivity contribution in [3.05, 3.63) is 64.3 Å². The zero-order valence-corrected chi connectivity index (χ0v) is 18.2. The van der Waals surface area contributed by atoms with Crippen LogP contribution in [0.5, 0.6) is 5.75 Å². The van der Waals surface area contributed by atoms with E-state index in [1.807, 2.05) is 0 Å². The number of benzene rings is 2. The van der Waals surface area contributed by atoms with Gasteiger partial charge in [-0.3, -0.25) is 24.1 Å². The quantitative estimate of drug-likeness (QED) is 0.605. The highest BCUT2D eigenvalue weighted by molar-refractivity contribution is 8.18. The molecule has 0 saturated carbocycles. The van der Waals surface area contributed by atoms with Crippen LogP contribution in [-0.2, 0) is 20.8 Å². The summed E-state index contributed by atoms with van der Waals surface area (Å²) in [7, 11) is 0. The number of amides is 4. The standard InChI is InChI=1S/C23H20FN3O5S/c24-17-4-2-1-3-14(17)12-19-22(30)27(23(31)33-19)10-9-25-21(29)13-32-16-6-7-18-15(11-16)5-8-20(28)26-18/h1-4,6-7,11-12H,5,8-10,13H2,(H,25,29)(H,26,28)/b19-12-. The first kappa shape index (κ1) is 22.5. The Morgan fingerprint density at radius 3 is 2.82 bits per heavy atom. The number of carbonyl (C=O) groups is 4. The van der Waals surface area contributed by atoms with E-state index < -0.39 is 22.9 Å². The number of halogens is 1. The molecule has 2 aliphatic heterocycles. The number of nitrogens with zero attached hydrogens (tertiary/aromatic N) is 1. The van der Waals surface area contributed by atoms with Crippen LogP contribution in [0.3, 0.4) is 0 Å². The van der Waals surface area contributed by atoms with Gasteiger partial charge in [-0.05, 0) is 54.1 Å². The van der Waals surface area contributed by atoms with Crippen LogP contribution in [0, 0.1) is 5.82 Å². The number of ether oxygens (including phenoxy) is 1. The van der Waals surface area contributed by atoms with Crippen LogP contribution in [0.1, 0.15) is 17.5 Å². The number of thioether (sulfide) groups is 1. The summed E-state index contributed by atoms with van der Waals surface area (Å²) in [5.74, 6) is -0.946. The number of nitrogens with one attached hydrogen (secondary N) is 2. The Morgan fingerprint density at radius 1 is 1.18 bits per heavy atom.